The summed E-state index contributed by atoms with van der Waals surface area (Å²) in [7, 11) is 0. The minimum absolute atomic E-state index is 0.0799. The molecule has 2 aromatic heterocycles. The van der Waals surface area contributed by atoms with Crippen molar-refractivity contribution in [3.63, 3.8) is 0 Å². The van der Waals surface area contributed by atoms with Crippen molar-refractivity contribution in [1.29, 1.82) is 0 Å². The van der Waals surface area contributed by atoms with Crippen LogP contribution in [0.2, 0.25) is 0 Å². The molecule has 0 radical (unpaired) electrons. The molecular formula is C14H20N6O5S. The van der Waals surface area contributed by atoms with Gasteiger partial charge in [0.25, 0.3) is 0 Å². The summed E-state index contributed by atoms with van der Waals surface area (Å²) in [6.45, 7) is 0. The van der Waals surface area contributed by atoms with Gasteiger partial charge in [0.2, 0.25) is 0 Å². The highest BCUT2D eigenvalue weighted by Crippen LogP contribution is 2.35. The number of fused-ring (bicyclic) bond motifs is 1. The van der Waals surface area contributed by atoms with Crippen molar-refractivity contribution < 1.29 is 24.9 Å². The number of aliphatic hydroxyl groups excluding tert-OH is 2. The van der Waals surface area contributed by atoms with Crippen molar-refractivity contribution in [1.82, 2.24) is 19.5 Å². The third-order valence-electron chi connectivity index (χ3n) is 4.55. The van der Waals surface area contributed by atoms with E-state index in [1.807, 2.05) is 0 Å². The van der Waals surface area contributed by atoms with Gasteiger partial charge in [-0.25, -0.2) is 15.0 Å². The molecule has 142 valence electrons. The lowest BCUT2D eigenvalue weighted by atomic mass is 9.88. The highest BCUT2D eigenvalue weighted by molar-refractivity contribution is 7.80. The Morgan fingerprint density at radius 2 is 2.08 bits per heavy atom. The Morgan fingerprint density at radius 1 is 1.35 bits per heavy atom. The minimum Gasteiger partial charge on any atom is -0.480 e. The molecule has 0 amide bonds. The maximum atomic E-state index is 11.5. The molecule has 1 unspecified atom stereocenters. The van der Waals surface area contributed by atoms with Gasteiger partial charge in [0.1, 0.15) is 29.6 Å². The lowest BCUT2D eigenvalue weighted by Crippen LogP contribution is -2.52. The van der Waals surface area contributed by atoms with E-state index >= 15 is 0 Å². The van der Waals surface area contributed by atoms with E-state index in [2.05, 4.69) is 27.6 Å². The van der Waals surface area contributed by atoms with Gasteiger partial charge >= 0.3 is 5.97 Å². The number of carboxylic acids is 1. The number of ether oxygens (including phenoxy) is 1. The lowest BCUT2D eigenvalue weighted by molar-refractivity contribution is -0.146. The second-order valence-corrected chi connectivity index (χ2v) is 6.72. The van der Waals surface area contributed by atoms with Crippen LogP contribution in [0.4, 0.5) is 5.82 Å². The summed E-state index contributed by atoms with van der Waals surface area (Å²) < 4.78 is 7.14. The molecule has 26 heavy (non-hydrogen) atoms. The van der Waals surface area contributed by atoms with Gasteiger partial charge in [0.15, 0.2) is 17.7 Å². The van der Waals surface area contributed by atoms with Crippen LogP contribution in [0.15, 0.2) is 12.7 Å². The molecule has 7 N–H and O–H groups in total. The van der Waals surface area contributed by atoms with Gasteiger partial charge in [-0.15, -0.1) is 0 Å². The predicted octanol–water partition coefficient (Wildman–Crippen LogP) is -1.48. The highest BCUT2D eigenvalue weighted by Gasteiger charge is 2.48. The highest BCUT2D eigenvalue weighted by atomic mass is 32.1. The van der Waals surface area contributed by atoms with Crippen LogP contribution in [-0.2, 0) is 9.53 Å². The lowest BCUT2D eigenvalue weighted by Gasteiger charge is -2.28. The Labute approximate surface area is 153 Å². The summed E-state index contributed by atoms with van der Waals surface area (Å²) >= 11 is 4.03. The summed E-state index contributed by atoms with van der Waals surface area (Å²) in [5, 5.41) is 30.1. The van der Waals surface area contributed by atoms with E-state index in [1.54, 1.807) is 0 Å². The van der Waals surface area contributed by atoms with E-state index in [-0.39, 0.29) is 24.4 Å². The number of carbonyl (C=O) groups is 1. The molecule has 5 atom stereocenters. The number of aliphatic hydroxyl groups is 2. The van der Waals surface area contributed by atoms with Crippen LogP contribution in [0, 0.1) is 0 Å². The first-order valence-corrected chi connectivity index (χ1v) is 8.49. The number of thiol groups is 1. The Morgan fingerprint density at radius 3 is 2.73 bits per heavy atom. The smallest absolute Gasteiger partial charge is 0.323 e. The molecular weight excluding hydrogens is 364 g/mol. The quantitative estimate of drug-likeness (QED) is 0.321. The molecule has 2 aromatic rings. The second kappa shape index (κ2) is 6.96. The maximum absolute atomic E-state index is 11.5. The SMILES string of the molecule is Nc1ncnc2c1ncn2[C@@H]1O[C@H](CC(N)(CCS)C(=O)O)[C@@H](O)[C@H]1O. The molecule has 3 rings (SSSR count). The number of carboxylic acid groups (broad SMARTS) is 1. The Kier molecular flexibility index (Phi) is 5.03. The number of anilines is 1. The van der Waals surface area contributed by atoms with Crippen LogP contribution in [-0.4, -0.2) is 70.4 Å². The van der Waals surface area contributed by atoms with E-state index in [4.69, 9.17) is 16.2 Å². The molecule has 0 aliphatic carbocycles. The van der Waals surface area contributed by atoms with Gasteiger partial charge in [0.05, 0.1) is 12.4 Å². The number of aromatic nitrogens is 4. The van der Waals surface area contributed by atoms with Crippen LogP contribution in [0.1, 0.15) is 19.1 Å². The third kappa shape index (κ3) is 3.10. The Balaban J connectivity index is 1.87. The van der Waals surface area contributed by atoms with E-state index in [1.165, 1.54) is 17.2 Å². The molecule has 0 bridgehead atoms. The number of imidazole rings is 1. The van der Waals surface area contributed by atoms with Crippen molar-refractivity contribution in [2.75, 3.05) is 11.5 Å². The summed E-state index contributed by atoms with van der Waals surface area (Å²) in [6, 6.07) is 0. The number of nitrogens with zero attached hydrogens (tertiary/aromatic N) is 4. The molecule has 12 heteroatoms. The fourth-order valence-electron chi connectivity index (χ4n) is 3.04. The zero-order valence-electron chi connectivity index (χ0n) is 13.6. The van der Waals surface area contributed by atoms with Gasteiger partial charge in [-0.05, 0) is 12.2 Å². The van der Waals surface area contributed by atoms with Gasteiger partial charge in [-0.3, -0.25) is 9.36 Å². The number of hydrogen-bond acceptors (Lipinski definition) is 10. The molecule has 0 aromatic carbocycles. The van der Waals surface area contributed by atoms with Crippen LogP contribution in [0.3, 0.4) is 0 Å². The number of hydrogen-bond donors (Lipinski definition) is 6. The summed E-state index contributed by atoms with van der Waals surface area (Å²) in [4.78, 5) is 23.5. The fourth-order valence-corrected chi connectivity index (χ4v) is 3.44. The van der Waals surface area contributed by atoms with Gasteiger partial charge in [0, 0.05) is 6.42 Å². The fraction of sp³-hybridized carbons (Fsp3) is 0.571. The van der Waals surface area contributed by atoms with E-state index < -0.39 is 36.0 Å². The predicted molar refractivity (Wildman–Crippen MR) is 93.3 cm³/mol. The van der Waals surface area contributed by atoms with Crippen LogP contribution in [0.25, 0.3) is 11.2 Å². The summed E-state index contributed by atoms with van der Waals surface area (Å²) in [5.41, 5.74) is 10.7. The van der Waals surface area contributed by atoms with Crippen LogP contribution < -0.4 is 11.5 Å². The largest absolute Gasteiger partial charge is 0.480 e. The van der Waals surface area contributed by atoms with Crippen LogP contribution in [0.5, 0.6) is 0 Å². The van der Waals surface area contributed by atoms with E-state index in [0.717, 1.165) is 0 Å². The number of rotatable bonds is 6. The Bertz CT molecular complexity index is 818. The number of aliphatic carboxylic acids is 1. The van der Waals surface area contributed by atoms with E-state index in [0.29, 0.717) is 11.2 Å². The zero-order chi connectivity index (χ0) is 19.1. The molecule has 3 heterocycles. The summed E-state index contributed by atoms with van der Waals surface area (Å²) in [5.74, 6) is -0.812. The molecule has 1 saturated heterocycles. The normalized spacial score (nSPS) is 28.3. The topological polar surface area (TPSA) is 183 Å². The van der Waals surface area contributed by atoms with Gasteiger partial charge < -0.3 is 31.5 Å². The van der Waals surface area contributed by atoms with Crippen molar-refractivity contribution >= 4 is 35.6 Å². The van der Waals surface area contributed by atoms with Crippen molar-refractivity contribution in [2.24, 2.45) is 5.73 Å². The number of nitrogens with two attached hydrogens (primary N) is 2. The third-order valence-corrected chi connectivity index (χ3v) is 4.77. The second-order valence-electron chi connectivity index (χ2n) is 6.27. The molecule has 0 saturated carbocycles. The molecule has 0 spiro atoms. The number of nitrogen functional groups attached to an aromatic ring is 1. The molecule has 1 fully saturated rings. The monoisotopic (exact) mass is 384 g/mol. The van der Waals surface area contributed by atoms with Crippen molar-refractivity contribution in [3.8, 4) is 0 Å². The zero-order valence-corrected chi connectivity index (χ0v) is 14.5. The van der Waals surface area contributed by atoms with Crippen molar-refractivity contribution in [2.45, 2.75) is 42.9 Å². The average molecular weight is 384 g/mol. The van der Waals surface area contributed by atoms with Gasteiger partial charge in [-0.1, -0.05) is 0 Å². The van der Waals surface area contributed by atoms with Gasteiger partial charge in [-0.2, -0.15) is 12.6 Å². The average Bonchev–Trinajstić information content (AvgIpc) is 3.12. The first-order chi connectivity index (χ1) is 12.3. The standard InChI is InChI=1S/C14H20N6O5S/c15-10-7-11(18-4-17-10)20(5-19-7)12-9(22)8(21)6(25-12)3-14(16,1-2-26)13(23)24/h4-6,8-9,12,21-22,26H,1-3,16H2,(H,23,24)(H2,15,17,18)/t6-,8-,9-,12-,14?/m1/s1. The molecule has 1 aliphatic rings. The molecule has 1 aliphatic heterocycles. The Hall–Kier alpha value is -1.99. The first kappa shape index (κ1) is 18.8. The summed E-state index contributed by atoms with van der Waals surface area (Å²) in [6.07, 6.45) is -2.19. The first-order valence-electron chi connectivity index (χ1n) is 7.86. The molecule has 11 nitrogen and oxygen atoms in total. The van der Waals surface area contributed by atoms with Crippen molar-refractivity contribution in [3.05, 3.63) is 12.7 Å². The van der Waals surface area contributed by atoms with E-state index in [9.17, 15) is 20.1 Å². The maximum Gasteiger partial charge on any atom is 0.323 e. The van der Waals surface area contributed by atoms with Crippen LogP contribution >= 0.6 is 12.6 Å². The minimum atomic E-state index is -1.63.